The number of carbonyl (C=O) groups excluding carboxylic acids is 3. The summed E-state index contributed by atoms with van der Waals surface area (Å²) in [6.07, 6.45) is -0.208. The molecule has 0 saturated heterocycles. The van der Waals surface area contributed by atoms with Gasteiger partial charge in [0.05, 0.1) is 18.1 Å². The molecule has 1 aromatic heterocycles. The van der Waals surface area contributed by atoms with E-state index in [4.69, 9.17) is 10.8 Å². The number of H-pyrrole nitrogens is 1. The van der Waals surface area contributed by atoms with Gasteiger partial charge in [-0.25, -0.2) is 0 Å². The van der Waals surface area contributed by atoms with E-state index in [2.05, 4.69) is 25.9 Å². The monoisotopic (exact) mass is 512 g/mol. The number of hydrogen-bond donors (Lipinski definition) is 6. The average molecular weight is 513 g/mol. The molecule has 0 radical (unpaired) electrons. The van der Waals surface area contributed by atoms with Gasteiger partial charge in [0.15, 0.2) is 11.5 Å². The van der Waals surface area contributed by atoms with E-state index in [-0.39, 0.29) is 73.7 Å². The Hall–Kier alpha value is -3.36. The summed E-state index contributed by atoms with van der Waals surface area (Å²) in [5.74, 6) is -3.33. The number of carbonyl (C=O) groups is 4. The Bertz CT molecular complexity index is 1160. The van der Waals surface area contributed by atoms with Crippen molar-refractivity contribution in [3.05, 3.63) is 40.2 Å². The minimum Gasteiger partial charge on any atom is -0.548 e. The van der Waals surface area contributed by atoms with Gasteiger partial charge in [-0.1, -0.05) is 0 Å². The molecule has 2 amide bonds. The molecule has 35 heavy (non-hydrogen) atoms. The van der Waals surface area contributed by atoms with E-state index in [9.17, 15) is 29.1 Å². The summed E-state index contributed by atoms with van der Waals surface area (Å²) in [5, 5.41) is 28.1. The fraction of sp³-hybridized carbons (Fsp3) is 0.300. The number of hydrogen-bond acceptors (Lipinski definition) is 10. The Morgan fingerprint density at radius 1 is 1.31 bits per heavy atom. The molecule has 2 heterocycles. The van der Waals surface area contributed by atoms with Crippen LogP contribution in [0.15, 0.2) is 29.1 Å². The molecule has 1 aromatic carbocycles. The first-order chi connectivity index (χ1) is 16.2. The van der Waals surface area contributed by atoms with Crippen LogP contribution in [0, 0.1) is 0 Å². The van der Waals surface area contributed by atoms with Crippen molar-refractivity contribution in [1.82, 2.24) is 15.3 Å². The number of aliphatic carboxylic acids is 2. The molecule has 0 spiro atoms. The molecule has 2 atom stereocenters. The molecule has 0 bridgehead atoms. The molecule has 0 fully saturated rings. The van der Waals surface area contributed by atoms with E-state index in [1.165, 1.54) is 17.0 Å². The Balaban J connectivity index is 0.00000432. The van der Waals surface area contributed by atoms with Gasteiger partial charge in [-0.15, -0.1) is 0 Å². The predicted octanol–water partition coefficient (Wildman–Crippen LogP) is -2.45. The van der Waals surface area contributed by atoms with Crippen LogP contribution in [0.4, 0.5) is 23.1 Å². The molecule has 14 nitrogen and oxygen atoms in total. The standard InChI is InChI=1S/C20H23N7O7.Ca/c21-20-25-16-15(18(32)26-20)27(9-28)12(8-23-16)7-22-11-3-1-10(2-4-11)17(31)24-13(19(33)34)5-6-14(29)30;/h1-4,9,12-13,22H,5-8H2,(H,24,31)(H,29,30)(H,33,34)(H4,21,23,25,26,32);/q;+2/p-1. The van der Waals surface area contributed by atoms with Crippen molar-refractivity contribution in [1.29, 1.82) is 0 Å². The first-order valence-corrected chi connectivity index (χ1v) is 10.1. The maximum absolute atomic E-state index is 12.3. The van der Waals surface area contributed by atoms with Gasteiger partial charge in [0.2, 0.25) is 12.4 Å². The number of carboxylic acid groups (broad SMARTS) is 2. The van der Waals surface area contributed by atoms with E-state index in [0.717, 1.165) is 0 Å². The minimum atomic E-state index is -1.58. The van der Waals surface area contributed by atoms with Gasteiger partial charge in [0, 0.05) is 30.8 Å². The molecule has 180 valence electrons. The van der Waals surface area contributed by atoms with Crippen molar-refractivity contribution in [2.45, 2.75) is 24.9 Å². The third-order valence-corrected chi connectivity index (χ3v) is 5.11. The van der Waals surface area contributed by atoms with Gasteiger partial charge in [0.25, 0.3) is 11.5 Å². The third kappa shape index (κ3) is 7.07. The number of anilines is 4. The molecule has 15 heteroatoms. The molecular weight excluding hydrogens is 490 g/mol. The van der Waals surface area contributed by atoms with Crippen molar-refractivity contribution in [2.75, 3.05) is 34.4 Å². The molecule has 0 aliphatic carbocycles. The summed E-state index contributed by atoms with van der Waals surface area (Å²) in [6, 6.07) is 4.17. The number of nitrogens with one attached hydrogen (secondary N) is 4. The second kappa shape index (κ2) is 12.4. The van der Waals surface area contributed by atoms with Crippen molar-refractivity contribution in [3.63, 3.8) is 0 Å². The van der Waals surface area contributed by atoms with Crippen LogP contribution in [-0.2, 0) is 14.4 Å². The number of nitrogens with zero attached hydrogens (tertiary/aromatic N) is 2. The van der Waals surface area contributed by atoms with Crippen molar-refractivity contribution in [2.24, 2.45) is 0 Å². The van der Waals surface area contributed by atoms with Crippen LogP contribution in [0.2, 0.25) is 0 Å². The van der Waals surface area contributed by atoms with Gasteiger partial charge in [0.1, 0.15) is 0 Å². The van der Waals surface area contributed by atoms with Gasteiger partial charge >= 0.3 is 43.7 Å². The van der Waals surface area contributed by atoms with Crippen LogP contribution in [0.5, 0.6) is 0 Å². The largest absolute Gasteiger partial charge is 2.00 e. The summed E-state index contributed by atoms with van der Waals surface area (Å²) < 4.78 is 0. The summed E-state index contributed by atoms with van der Waals surface area (Å²) in [5.41, 5.74) is 5.79. The number of aromatic nitrogens is 2. The Morgan fingerprint density at radius 3 is 2.60 bits per heavy atom. The van der Waals surface area contributed by atoms with Crippen LogP contribution >= 0.6 is 0 Å². The second-order valence-electron chi connectivity index (χ2n) is 7.43. The number of fused-ring (bicyclic) bond motifs is 1. The number of aromatic amines is 1. The Labute approximate surface area is 228 Å². The smallest absolute Gasteiger partial charge is 0.548 e. The summed E-state index contributed by atoms with van der Waals surface area (Å²) in [6.45, 7) is 0.554. The zero-order valence-electron chi connectivity index (χ0n) is 18.4. The molecule has 7 N–H and O–H groups in total. The molecule has 2 aromatic rings. The zero-order valence-corrected chi connectivity index (χ0v) is 20.7. The number of nitrogen functional groups attached to an aromatic ring is 1. The molecule has 0 saturated carbocycles. The van der Waals surface area contributed by atoms with E-state index in [1.54, 1.807) is 12.1 Å². The van der Waals surface area contributed by atoms with Crippen LogP contribution in [0.3, 0.4) is 0 Å². The average Bonchev–Trinajstić information content (AvgIpc) is 2.79. The SMILES string of the molecule is Nc1nc2c(c(=O)[nH]1)N(C=O)C(CNc1ccc(C(=O)NC(CCC(=O)O)C(=O)[O-])cc1)CN2.[Ca+2]. The molecule has 2 unspecified atom stereocenters. The fourth-order valence-corrected chi connectivity index (χ4v) is 3.39. The first-order valence-electron chi connectivity index (χ1n) is 10.1. The molecule has 1 aliphatic heterocycles. The number of amides is 2. The van der Waals surface area contributed by atoms with Gasteiger partial charge in [-0.2, -0.15) is 4.98 Å². The van der Waals surface area contributed by atoms with Gasteiger partial charge < -0.3 is 41.6 Å². The normalized spacial score (nSPS) is 15.0. The third-order valence-electron chi connectivity index (χ3n) is 5.11. The second-order valence-corrected chi connectivity index (χ2v) is 7.43. The summed E-state index contributed by atoms with van der Waals surface area (Å²) in [4.78, 5) is 65.6. The summed E-state index contributed by atoms with van der Waals surface area (Å²) >= 11 is 0. The van der Waals surface area contributed by atoms with Crippen LogP contribution in [0.1, 0.15) is 23.2 Å². The van der Waals surface area contributed by atoms with Crippen molar-refractivity contribution < 1.29 is 29.4 Å². The zero-order chi connectivity index (χ0) is 24.8. The number of rotatable bonds is 10. The van der Waals surface area contributed by atoms with Gasteiger partial charge in [-0.3, -0.25) is 24.2 Å². The maximum Gasteiger partial charge on any atom is 2.00 e. The number of carboxylic acids is 2. The minimum absolute atomic E-state index is 0. The van der Waals surface area contributed by atoms with Crippen LogP contribution in [0.25, 0.3) is 0 Å². The van der Waals surface area contributed by atoms with Crippen molar-refractivity contribution in [3.8, 4) is 0 Å². The van der Waals surface area contributed by atoms with Crippen LogP contribution in [-0.4, -0.2) is 102 Å². The number of benzene rings is 1. The fourth-order valence-electron chi connectivity index (χ4n) is 3.39. The summed E-state index contributed by atoms with van der Waals surface area (Å²) in [7, 11) is 0. The predicted molar refractivity (Wildman–Crippen MR) is 124 cm³/mol. The Kier molecular flexibility index (Phi) is 9.86. The van der Waals surface area contributed by atoms with E-state index in [0.29, 0.717) is 18.6 Å². The molecule has 1 aliphatic rings. The van der Waals surface area contributed by atoms with E-state index in [1.807, 2.05) is 0 Å². The topological polar surface area (TPSA) is 223 Å². The van der Waals surface area contributed by atoms with E-state index >= 15 is 0 Å². The molecular formula is C20H22CaN7O7+. The first kappa shape index (κ1) is 27.9. The Morgan fingerprint density at radius 2 is 2.00 bits per heavy atom. The molecule has 3 rings (SSSR count). The van der Waals surface area contributed by atoms with Gasteiger partial charge in [-0.05, 0) is 30.7 Å². The van der Waals surface area contributed by atoms with Crippen LogP contribution < -0.4 is 37.2 Å². The van der Waals surface area contributed by atoms with E-state index < -0.39 is 41.9 Å². The quantitative estimate of drug-likeness (QED) is 0.145. The van der Waals surface area contributed by atoms with Crippen molar-refractivity contribution >= 4 is 85.1 Å². The number of nitrogens with two attached hydrogens (primary N) is 1. The maximum atomic E-state index is 12.3.